The Morgan fingerprint density at radius 2 is 2.08 bits per heavy atom. The number of carbonyl (C=O) groups excluding carboxylic acids is 3. The molecule has 0 radical (unpaired) electrons. The lowest BCUT2D eigenvalue weighted by Crippen LogP contribution is -2.56. The second-order valence-corrected chi connectivity index (χ2v) is 9.15. The van der Waals surface area contributed by atoms with E-state index < -0.39 is 30.1 Å². The van der Waals surface area contributed by atoms with Crippen molar-refractivity contribution < 1.29 is 38.5 Å². The van der Waals surface area contributed by atoms with E-state index in [0.717, 1.165) is 5.56 Å². The Bertz CT molecular complexity index is 1160. The molecule has 4 rings (SSSR count). The van der Waals surface area contributed by atoms with E-state index in [2.05, 4.69) is 5.32 Å². The molecular weight excluding hydrogens is 468 g/mol. The van der Waals surface area contributed by atoms with E-state index >= 15 is 0 Å². The van der Waals surface area contributed by atoms with Crippen molar-refractivity contribution in [2.75, 3.05) is 20.3 Å². The Morgan fingerprint density at radius 1 is 1.31 bits per heavy atom. The molecule has 2 aliphatic rings. The van der Waals surface area contributed by atoms with Crippen LogP contribution in [0.15, 0.2) is 46.8 Å². The summed E-state index contributed by atoms with van der Waals surface area (Å²) < 4.78 is 16.8. The van der Waals surface area contributed by atoms with Crippen LogP contribution in [-0.2, 0) is 16.1 Å². The van der Waals surface area contributed by atoms with Gasteiger partial charge in [0.15, 0.2) is 11.5 Å². The van der Waals surface area contributed by atoms with Gasteiger partial charge in [0.05, 0.1) is 38.2 Å². The van der Waals surface area contributed by atoms with Gasteiger partial charge in [-0.1, -0.05) is 13.8 Å². The summed E-state index contributed by atoms with van der Waals surface area (Å²) in [5, 5.41) is 23.4. The van der Waals surface area contributed by atoms with Crippen molar-refractivity contribution in [2.45, 2.75) is 44.6 Å². The Kier molecular flexibility index (Phi) is 7.46. The first-order valence-corrected chi connectivity index (χ1v) is 11.7. The number of furan rings is 1. The number of nitrogens with one attached hydrogen (secondary N) is 1. The van der Waals surface area contributed by atoms with Gasteiger partial charge in [-0.3, -0.25) is 14.4 Å². The molecule has 3 N–H and O–H groups in total. The molecule has 10 heteroatoms. The zero-order valence-corrected chi connectivity index (χ0v) is 20.3. The summed E-state index contributed by atoms with van der Waals surface area (Å²) in [5.41, 5.74) is 1.85. The Hall–Kier alpha value is -3.63. The number of rotatable bonds is 9. The number of benzene rings is 1. The van der Waals surface area contributed by atoms with Gasteiger partial charge < -0.3 is 34.3 Å². The molecule has 0 spiro atoms. The Balaban J connectivity index is 1.83. The highest BCUT2D eigenvalue weighted by atomic mass is 16.5. The first-order chi connectivity index (χ1) is 17.3. The molecule has 1 aromatic carbocycles. The van der Waals surface area contributed by atoms with E-state index in [1.807, 2.05) is 0 Å². The lowest BCUT2D eigenvalue weighted by Gasteiger charge is -2.41. The first kappa shape index (κ1) is 25.5. The highest BCUT2D eigenvalue weighted by molar-refractivity contribution is 5.96. The average molecular weight is 499 g/mol. The molecule has 0 saturated carbocycles. The largest absolute Gasteiger partial charge is 0.493 e. The van der Waals surface area contributed by atoms with Crippen molar-refractivity contribution in [3.05, 3.63) is 59.1 Å². The van der Waals surface area contributed by atoms with Gasteiger partial charge in [-0.15, -0.1) is 0 Å². The number of methoxy groups -OCH3 is 1. The normalized spacial score (nSPS) is 22.2. The maximum atomic E-state index is 13.3. The molecule has 0 saturated heterocycles. The number of nitrogens with zero attached hydrogens (tertiary/aromatic N) is 1. The van der Waals surface area contributed by atoms with Gasteiger partial charge in [0.2, 0.25) is 11.8 Å². The molecule has 1 aliphatic heterocycles. The zero-order valence-electron chi connectivity index (χ0n) is 20.3. The van der Waals surface area contributed by atoms with E-state index in [4.69, 9.17) is 13.9 Å². The van der Waals surface area contributed by atoms with Gasteiger partial charge >= 0.3 is 0 Å². The summed E-state index contributed by atoms with van der Waals surface area (Å²) >= 11 is 0. The zero-order chi connectivity index (χ0) is 26.0. The summed E-state index contributed by atoms with van der Waals surface area (Å²) in [5.74, 6) is -1.15. The molecule has 36 heavy (non-hydrogen) atoms. The van der Waals surface area contributed by atoms with E-state index in [1.54, 1.807) is 32.1 Å². The van der Waals surface area contributed by atoms with E-state index in [9.17, 15) is 24.6 Å². The molecule has 1 aliphatic carbocycles. The maximum Gasteiger partial charge on any atom is 0.247 e. The van der Waals surface area contributed by atoms with Crippen LogP contribution in [-0.4, -0.2) is 71.7 Å². The van der Waals surface area contributed by atoms with Crippen LogP contribution in [0.2, 0.25) is 0 Å². The molecule has 0 unspecified atom stereocenters. The van der Waals surface area contributed by atoms with Gasteiger partial charge in [-0.25, -0.2) is 0 Å². The lowest BCUT2D eigenvalue weighted by atomic mass is 9.77. The van der Waals surface area contributed by atoms with Crippen molar-refractivity contribution in [1.82, 2.24) is 10.2 Å². The number of carbonyl (C=O) groups is 3. The number of hydrogen-bond donors (Lipinski definition) is 3. The Labute approximate surface area is 208 Å². The SMILES string of the molecule is COc1cc(C=O)cc2c1O[C@@H]1[C@@H](O)[C@H](N(Cc3ccoc3)C(=O)C(C)C)C=C(C(=O)NCCO)[C@H]21. The van der Waals surface area contributed by atoms with Crippen molar-refractivity contribution in [3.63, 3.8) is 0 Å². The van der Waals surface area contributed by atoms with Gasteiger partial charge in [0.25, 0.3) is 0 Å². The molecule has 0 fully saturated rings. The van der Waals surface area contributed by atoms with Gasteiger partial charge in [-0.05, 0) is 24.3 Å². The summed E-state index contributed by atoms with van der Waals surface area (Å²) in [6.45, 7) is 3.44. The fourth-order valence-corrected chi connectivity index (χ4v) is 4.80. The van der Waals surface area contributed by atoms with Crippen molar-refractivity contribution in [1.29, 1.82) is 0 Å². The van der Waals surface area contributed by atoms with Gasteiger partial charge in [0.1, 0.15) is 18.5 Å². The second-order valence-electron chi connectivity index (χ2n) is 9.15. The van der Waals surface area contributed by atoms with Crippen LogP contribution in [0.25, 0.3) is 0 Å². The van der Waals surface area contributed by atoms with Crippen LogP contribution in [0, 0.1) is 5.92 Å². The second kappa shape index (κ2) is 10.5. The Morgan fingerprint density at radius 3 is 2.69 bits per heavy atom. The number of aldehydes is 1. The monoisotopic (exact) mass is 498 g/mol. The minimum atomic E-state index is -1.20. The highest BCUT2D eigenvalue weighted by Crippen LogP contribution is 2.51. The number of amides is 2. The summed E-state index contributed by atoms with van der Waals surface area (Å²) in [7, 11) is 1.44. The molecule has 10 nitrogen and oxygen atoms in total. The van der Waals surface area contributed by atoms with E-state index in [0.29, 0.717) is 28.9 Å². The van der Waals surface area contributed by atoms with E-state index in [-0.39, 0.29) is 37.1 Å². The predicted octanol–water partition coefficient (Wildman–Crippen LogP) is 1.41. The number of fused-ring (bicyclic) bond motifs is 3. The topological polar surface area (TPSA) is 139 Å². The minimum Gasteiger partial charge on any atom is -0.493 e. The minimum absolute atomic E-state index is 0.0237. The fourth-order valence-electron chi connectivity index (χ4n) is 4.80. The van der Waals surface area contributed by atoms with Gasteiger partial charge in [-0.2, -0.15) is 0 Å². The maximum absolute atomic E-state index is 13.3. The van der Waals surface area contributed by atoms with Gasteiger partial charge in [0, 0.05) is 41.3 Å². The van der Waals surface area contributed by atoms with Crippen LogP contribution in [0.4, 0.5) is 0 Å². The van der Waals surface area contributed by atoms with Crippen LogP contribution >= 0.6 is 0 Å². The van der Waals surface area contributed by atoms with Crippen LogP contribution in [0.5, 0.6) is 11.5 Å². The molecule has 1 aromatic heterocycles. The highest BCUT2D eigenvalue weighted by Gasteiger charge is 2.51. The van der Waals surface area contributed by atoms with Crippen LogP contribution < -0.4 is 14.8 Å². The summed E-state index contributed by atoms with van der Waals surface area (Å²) in [6.07, 6.45) is 3.14. The molecule has 2 heterocycles. The number of aliphatic hydroxyl groups is 2. The standard InChI is InChI=1S/C26H30N2O8/c1-14(2)26(33)28(11-15-4-7-35-13-15)19-10-18(25(32)27-5-6-29)21-17-8-16(12-30)9-20(34-3)23(17)36-24(21)22(19)31/h4,7-10,12-14,19,21-22,24,29,31H,5-6,11H2,1-3H3,(H,27,32)/t19-,21+,22+,24+/m1/s1. The van der Waals surface area contributed by atoms with Crippen molar-refractivity contribution in [3.8, 4) is 11.5 Å². The molecule has 2 aromatic rings. The molecule has 2 amide bonds. The number of aliphatic hydroxyl groups excluding tert-OH is 2. The lowest BCUT2D eigenvalue weighted by molar-refractivity contribution is -0.141. The fraction of sp³-hybridized carbons (Fsp3) is 0.423. The number of ether oxygens (including phenoxy) is 2. The number of hydrogen-bond acceptors (Lipinski definition) is 8. The summed E-state index contributed by atoms with van der Waals surface area (Å²) in [6, 6.07) is 3.97. The first-order valence-electron chi connectivity index (χ1n) is 11.7. The van der Waals surface area contributed by atoms with Crippen molar-refractivity contribution in [2.24, 2.45) is 5.92 Å². The molecule has 0 bridgehead atoms. The third-order valence-electron chi connectivity index (χ3n) is 6.48. The van der Waals surface area contributed by atoms with Crippen molar-refractivity contribution >= 4 is 18.1 Å². The molecule has 4 atom stereocenters. The average Bonchev–Trinajstić information content (AvgIpc) is 3.53. The smallest absolute Gasteiger partial charge is 0.247 e. The molecular formula is C26H30N2O8. The molecule has 192 valence electrons. The third-order valence-corrected chi connectivity index (χ3v) is 6.48. The predicted molar refractivity (Wildman–Crippen MR) is 128 cm³/mol. The van der Waals surface area contributed by atoms with Crippen LogP contribution in [0.3, 0.4) is 0 Å². The van der Waals surface area contributed by atoms with E-state index in [1.165, 1.54) is 30.6 Å². The summed E-state index contributed by atoms with van der Waals surface area (Å²) in [4.78, 5) is 39.6. The third kappa shape index (κ3) is 4.61. The quantitative estimate of drug-likeness (QED) is 0.441. The van der Waals surface area contributed by atoms with Crippen LogP contribution in [0.1, 0.15) is 41.3 Å².